The summed E-state index contributed by atoms with van der Waals surface area (Å²) in [6, 6.07) is 0. The van der Waals surface area contributed by atoms with Crippen molar-refractivity contribution in [2.45, 2.75) is 219 Å². The van der Waals surface area contributed by atoms with E-state index in [0.717, 1.165) is 12.8 Å². The van der Waals surface area contributed by atoms with Gasteiger partial charge in [-0.1, -0.05) is 200 Å². The molecule has 0 amide bonds. The lowest BCUT2D eigenvalue weighted by Gasteiger charge is -2.13. The van der Waals surface area contributed by atoms with Crippen LogP contribution in [0.2, 0.25) is 0 Å². The van der Waals surface area contributed by atoms with Gasteiger partial charge in [-0.2, -0.15) is 0 Å². The van der Waals surface area contributed by atoms with E-state index in [9.17, 15) is 4.79 Å². The normalized spacial score (nSPS) is 11.8. The van der Waals surface area contributed by atoms with Crippen LogP contribution in [-0.2, 0) is 9.53 Å². The van der Waals surface area contributed by atoms with Crippen LogP contribution < -0.4 is 0 Å². The summed E-state index contributed by atoms with van der Waals surface area (Å²) >= 11 is 0. The lowest BCUT2D eigenvalue weighted by molar-refractivity contribution is -0.435. The Hall–Kier alpha value is -0.650. The van der Waals surface area contributed by atoms with Crippen molar-refractivity contribution in [3.63, 3.8) is 0 Å². The largest absolute Gasteiger partial charge is 0.455 e. The van der Waals surface area contributed by atoms with E-state index in [2.05, 4.69) is 11.7 Å². The summed E-state index contributed by atoms with van der Waals surface area (Å²) in [4.78, 5) is 11.2. The topological polar surface area (TPSA) is 87.0 Å². The second kappa shape index (κ2) is 31.3. The van der Waals surface area contributed by atoms with E-state index in [0.29, 0.717) is 6.42 Å². The van der Waals surface area contributed by atoms with Gasteiger partial charge in [0.25, 0.3) is 0 Å². The number of hydrogen-bond donors (Lipinski definition) is 3. The quantitative estimate of drug-likeness (QED) is 0.0415. The van der Waals surface area contributed by atoms with Crippen molar-refractivity contribution in [3.8, 4) is 0 Å². The predicted octanol–water partition coefficient (Wildman–Crippen LogP) is 10.6. The van der Waals surface area contributed by atoms with E-state index in [1.165, 1.54) is 180 Å². The molecule has 0 unspecified atom stereocenters. The van der Waals surface area contributed by atoms with Crippen LogP contribution >= 0.6 is 0 Å². The maximum atomic E-state index is 11.2. The molecule has 40 heavy (non-hydrogen) atoms. The maximum Gasteiger partial charge on any atom is 0.455 e. The second-order valence-electron chi connectivity index (χ2n) is 12.4. The van der Waals surface area contributed by atoms with Crippen molar-refractivity contribution < 1.29 is 24.9 Å². The van der Waals surface area contributed by atoms with Crippen molar-refractivity contribution >= 4 is 5.97 Å². The molecule has 0 rings (SSSR count). The molecule has 0 atom stereocenters. The van der Waals surface area contributed by atoms with Gasteiger partial charge in [-0.15, -0.1) is 0 Å². The maximum absolute atomic E-state index is 11.2. The number of ether oxygens (including phenoxy) is 1. The zero-order chi connectivity index (χ0) is 29.4. The first-order valence-electron chi connectivity index (χ1n) is 17.8. The van der Waals surface area contributed by atoms with Gasteiger partial charge < -0.3 is 20.1 Å². The van der Waals surface area contributed by atoms with Crippen LogP contribution in [0.5, 0.6) is 0 Å². The fourth-order valence-corrected chi connectivity index (χ4v) is 5.67. The summed E-state index contributed by atoms with van der Waals surface area (Å²) < 4.78 is 4.03. The van der Waals surface area contributed by atoms with Crippen LogP contribution in [0.3, 0.4) is 0 Å². The third-order valence-electron chi connectivity index (χ3n) is 8.24. The molecule has 0 aromatic rings. The van der Waals surface area contributed by atoms with Gasteiger partial charge >= 0.3 is 12.1 Å². The molecule has 0 aliphatic carbocycles. The summed E-state index contributed by atoms with van der Waals surface area (Å²) in [5.74, 6) is -0.789. The van der Waals surface area contributed by atoms with Gasteiger partial charge in [0.2, 0.25) is 0 Å². The molecule has 0 saturated heterocycles. The van der Waals surface area contributed by atoms with E-state index in [-0.39, 0.29) is 6.42 Å². The van der Waals surface area contributed by atoms with Gasteiger partial charge in [0.15, 0.2) is 0 Å². The Morgan fingerprint density at radius 3 is 0.800 bits per heavy atom. The number of carbonyl (C=O) groups excluding carboxylic acids is 1. The second-order valence-corrected chi connectivity index (χ2v) is 12.4. The summed E-state index contributed by atoms with van der Waals surface area (Å²) in [7, 11) is 0. The van der Waals surface area contributed by atoms with Gasteiger partial charge in [-0.3, -0.25) is 4.79 Å². The van der Waals surface area contributed by atoms with E-state index in [4.69, 9.17) is 15.3 Å². The number of unbranched alkanes of at least 4 members (excludes halogenated alkanes) is 30. The van der Waals surface area contributed by atoms with E-state index in [1.54, 1.807) is 0 Å². The molecule has 0 fully saturated rings. The molecule has 0 heterocycles. The summed E-state index contributed by atoms with van der Waals surface area (Å²) in [6.45, 7) is 2.29. The smallest absolute Gasteiger partial charge is 0.384 e. The number of esters is 1. The van der Waals surface area contributed by atoms with Crippen LogP contribution in [-0.4, -0.2) is 27.4 Å². The van der Waals surface area contributed by atoms with Crippen LogP contribution in [0.1, 0.15) is 212 Å². The van der Waals surface area contributed by atoms with Gasteiger partial charge in [0.1, 0.15) is 0 Å². The lowest BCUT2D eigenvalue weighted by Crippen LogP contribution is -2.33. The fourth-order valence-electron chi connectivity index (χ4n) is 5.67. The summed E-state index contributed by atoms with van der Waals surface area (Å²) in [6.07, 6.45) is 38.9. The minimum Gasteiger partial charge on any atom is -0.384 e. The van der Waals surface area contributed by atoms with Crippen molar-refractivity contribution in [1.29, 1.82) is 0 Å². The van der Waals surface area contributed by atoms with Crippen LogP contribution in [0.4, 0.5) is 0 Å². The molecule has 0 radical (unpaired) electrons. The predicted molar refractivity (Wildman–Crippen MR) is 169 cm³/mol. The summed E-state index contributed by atoms with van der Waals surface area (Å²) in [5, 5.41) is 25.7. The number of carbonyl (C=O) groups is 1. The van der Waals surface area contributed by atoms with Gasteiger partial charge in [0, 0.05) is 6.42 Å². The highest BCUT2D eigenvalue weighted by molar-refractivity contribution is 5.69. The standard InChI is InChI=1S/C35H70O5/c1-2-3-4-5-6-7-8-9-10-11-12-13-14-15-16-17-18-19-20-21-22-23-24-25-26-27-28-29-30-31-32-33-34(36)40-35(37,38)39/h37-39H,2-33H2,1H3. The molecule has 240 valence electrons. The molecule has 0 saturated carbocycles. The first-order valence-corrected chi connectivity index (χ1v) is 17.8. The van der Waals surface area contributed by atoms with Gasteiger partial charge in [-0.05, 0) is 6.42 Å². The fraction of sp³-hybridized carbons (Fsp3) is 0.971. The molecular formula is C35H70O5. The molecule has 0 bridgehead atoms. The average molecular weight is 571 g/mol. The molecule has 3 N–H and O–H groups in total. The highest BCUT2D eigenvalue weighted by Gasteiger charge is 2.23. The van der Waals surface area contributed by atoms with Crippen molar-refractivity contribution in [3.05, 3.63) is 0 Å². The third-order valence-corrected chi connectivity index (χ3v) is 8.24. The highest BCUT2D eigenvalue weighted by atomic mass is 16.9. The monoisotopic (exact) mass is 571 g/mol. The van der Waals surface area contributed by atoms with Crippen LogP contribution in [0.15, 0.2) is 0 Å². The zero-order valence-corrected chi connectivity index (χ0v) is 26.8. The van der Waals surface area contributed by atoms with Gasteiger partial charge in [-0.25, -0.2) is 0 Å². The molecule has 0 aromatic heterocycles. The zero-order valence-electron chi connectivity index (χ0n) is 26.8. The highest BCUT2D eigenvalue weighted by Crippen LogP contribution is 2.17. The van der Waals surface area contributed by atoms with Crippen molar-refractivity contribution in [1.82, 2.24) is 0 Å². The Labute approximate surface area is 249 Å². The SMILES string of the molecule is CCCCCCCCCCCCCCCCCCCCCCCCCCCCCCCCCC(=O)OC(O)(O)O. The van der Waals surface area contributed by atoms with E-state index in [1.807, 2.05) is 0 Å². The lowest BCUT2D eigenvalue weighted by atomic mass is 10.0. The van der Waals surface area contributed by atoms with Crippen molar-refractivity contribution in [2.24, 2.45) is 0 Å². The minimum atomic E-state index is -3.35. The Balaban J connectivity index is 3.09. The Bertz CT molecular complexity index is 502. The first kappa shape index (κ1) is 39.4. The van der Waals surface area contributed by atoms with E-state index < -0.39 is 12.1 Å². The molecular weight excluding hydrogens is 500 g/mol. The number of hydrogen-bond acceptors (Lipinski definition) is 5. The number of aliphatic hydroxyl groups is 3. The van der Waals surface area contributed by atoms with Crippen LogP contribution in [0, 0.1) is 0 Å². The molecule has 5 heteroatoms. The Morgan fingerprint density at radius 2 is 0.600 bits per heavy atom. The average Bonchev–Trinajstić information content (AvgIpc) is 2.90. The first-order chi connectivity index (χ1) is 19.5. The number of rotatable bonds is 33. The van der Waals surface area contributed by atoms with Gasteiger partial charge in [0.05, 0.1) is 0 Å². The molecule has 0 spiro atoms. The molecule has 5 nitrogen and oxygen atoms in total. The summed E-state index contributed by atoms with van der Waals surface area (Å²) in [5.41, 5.74) is 0. The molecule has 0 aliphatic rings. The molecule has 0 aromatic carbocycles. The minimum absolute atomic E-state index is 0.100. The van der Waals surface area contributed by atoms with Crippen molar-refractivity contribution in [2.75, 3.05) is 0 Å². The molecule has 0 aliphatic heterocycles. The Morgan fingerprint density at radius 1 is 0.400 bits per heavy atom. The Kier molecular flexibility index (Phi) is 30.8. The van der Waals surface area contributed by atoms with E-state index >= 15 is 0 Å². The third kappa shape index (κ3) is 35.4. The van der Waals surface area contributed by atoms with Crippen LogP contribution in [0.25, 0.3) is 0 Å².